The Balaban J connectivity index is 1.66. The van der Waals surface area contributed by atoms with Crippen LogP contribution in [0.25, 0.3) is 10.5 Å². The minimum atomic E-state index is -0.813. The number of nitrogens with one attached hydrogen (secondary N) is 1. The van der Waals surface area contributed by atoms with Gasteiger partial charge in [-0.25, -0.2) is 13.9 Å². The van der Waals surface area contributed by atoms with E-state index < -0.39 is 17.5 Å². The molecule has 4 aromatic rings. The Morgan fingerprint density at radius 2 is 1.75 bits per heavy atom. The highest BCUT2D eigenvalue weighted by molar-refractivity contribution is 6.10. The molecule has 1 N–H and O–H groups in total. The molecule has 156 valence electrons. The molecule has 4 rings (SSSR count). The largest absolute Gasteiger partial charge is 0.318 e. The van der Waals surface area contributed by atoms with Crippen molar-refractivity contribution in [1.82, 2.24) is 9.78 Å². The lowest BCUT2D eigenvalue weighted by Gasteiger charge is -2.11. The third kappa shape index (κ3) is 4.02. The number of hydrogen-bond donors (Lipinski definition) is 1. The molecule has 0 saturated carbocycles. The van der Waals surface area contributed by atoms with Crippen molar-refractivity contribution in [1.29, 1.82) is 0 Å². The minimum Gasteiger partial charge on any atom is -0.318 e. The summed E-state index contributed by atoms with van der Waals surface area (Å²) in [6.45, 7) is 8.91. The number of carbonyl (C=O) groups is 2. The predicted molar refractivity (Wildman–Crippen MR) is 119 cm³/mol. The highest BCUT2D eigenvalue weighted by Gasteiger charge is 2.20. The van der Waals surface area contributed by atoms with Crippen LogP contribution in [0.15, 0.2) is 78.9 Å². The summed E-state index contributed by atoms with van der Waals surface area (Å²) >= 11 is 0. The summed E-state index contributed by atoms with van der Waals surface area (Å²) in [4.78, 5) is 29.1. The Morgan fingerprint density at radius 1 is 1.00 bits per heavy atom. The van der Waals surface area contributed by atoms with E-state index in [4.69, 9.17) is 6.57 Å². The van der Waals surface area contributed by atoms with Gasteiger partial charge < -0.3 is 5.32 Å². The minimum absolute atomic E-state index is 0.114. The lowest BCUT2D eigenvalue weighted by Crippen LogP contribution is -2.18. The van der Waals surface area contributed by atoms with Crippen molar-refractivity contribution in [3.05, 3.63) is 119 Å². The van der Waals surface area contributed by atoms with Crippen LogP contribution in [-0.4, -0.2) is 21.5 Å². The molecule has 0 unspecified atom stereocenters. The topological polar surface area (TPSA) is 68.3 Å². The van der Waals surface area contributed by atoms with Crippen molar-refractivity contribution >= 4 is 23.1 Å². The van der Waals surface area contributed by atoms with Crippen molar-refractivity contribution in [2.24, 2.45) is 0 Å². The van der Waals surface area contributed by atoms with Crippen molar-refractivity contribution < 1.29 is 14.0 Å². The van der Waals surface area contributed by atoms with Crippen LogP contribution >= 0.6 is 0 Å². The summed E-state index contributed by atoms with van der Waals surface area (Å²) in [5.74, 6) is -1.88. The fourth-order valence-electron chi connectivity index (χ4n) is 3.29. The molecule has 3 aromatic carbocycles. The number of carbonyl (C=O) groups excluding carboxylic acids is 2. The fourth-order valence-corrected chi connectivity index (χ4v) is 3.29. The average Bonchev–Trinajstić information content (AvgIpc) is 3.22. The first kappa shape index (κ1) is 20.7. The summed E-state index contributed by atoms with van der Waals surface area (Å²) in [5.41, 5.74) is 1.79. The summed E-state index contributed by atoms with van der Waals surface area (Å²) < 4.78 is 16.5. The molecule has 0 saturated heterocycles. The van der Waals surface area contributed by atoms with E-state index in [-0.39, 0.29) is 16.9 Å². The standard InChI is InChI=1S/C25H17FN4O2/c1-16-14-22(30(29-16)19-11-6-10-18(15-19)27-2)25(32)28-21-13-7-12-20(23(21)26)24(31)17-8-4-3-5-9-17/h3-15H,1H3,(H,28,32). The molecule has 0 spiro atoms. The Bertz CT molecular complexity index is 1370. The summed E-state index contributed by atoms with van der Waals surface area (Å²) in [6, 6.07) is 20.9. The van der Waals surface area contributed by atoms with Crippen LogP contribution in [-0.2, 0) is 0 Å². The van der Waals surface area contributed by atoms with Crippen molar-refractivity contribution in [2.75, 3.05) is 5.32 Å². The molecule has 0 aliphatic heterocycles. The lowest BCUT2D eigenvalue weighted by molar-refractivity contribution is 0.101. The third-order valence-electron chi connectivity index (χ3n) is 4.80. The molecular weight excluding hydrogens is 407 g/mol. The summed E-state index contributed by atoms with van der Waals surface area (Å²) in [5, 5.41) is 6.87. The molecule has 0 fully saturated rings. The van der Waals surface area contributed by atoms with Crippen LogP contribution in [0.4, 0.5) is 15.8 Å². The van der Waals surface area contributed by atoms with Gasteiger partial charge in [0.1, 0.15) is 5.69 Å². The SMILES string of the molecule is [C-]#[N+]c1cccc(-n2nc(C)cc2C(=O)Nc2cccc(C(=O)c3ccccc3)c2F)c1. The molecule has 7 heteroatoms. The highest BCUT2D eigenvalue weighted by Crippen LogP contribution is 2.23. The molecule has 0 bridgehead atoms. The normalized spacial score (nSPS) is 10.4. The monoisotopic (exact) mass is 424 g/mol. The van der Waals surface area contributed by atoms with E-state index in [0.29, 0.717) is 22.6 Å². The maximum absolute atomic E-state index is 15.1. The van der Waals surface area contributed by atoms with Crippen LogP contribution in [0.3, 0.4) is 0 Å². The van der Waals surface area contributed by atoms with Gasteiger partial charge in [0.2, 0.25) is 0 Å². The van der Waals surface area contributed by atoms with Gasteiger partial charge in [-0.05, 0) is 37.3 Å². The number of aryl methyl sites for hydroxylation is 1. The number of benzene rings is 3. The maximum Gasteiger partial charge on any atom is 0.274 e. The number of hydrogen-bond acceptors (Lipinski definition) is 3. The molecule has 0 radical (unpaired) electrons. The van der Waals surface area contributed by atoms with Gasteiger partial charge in [0.25, 0.3) is 5.91 Å². The third-order valence-corrected chi connectivity index (χ3v) is 4.80. The van der Waals surface area contributed by atoms with E-state index in [1.807, 2.05) is 0 Å². The van der Waals surface area contributed by atoms with E-state index >= 15 is 4.39 Å². The molecule has 1 amide bonds. The van der Waals surface area contributed by atoms with Crippen molar-refractivity contribution in [3.8, 4) is 5.69 Å². The molecule has 0 atom stereocenters. The number of amides is 1. The van der Waals surface area contributed by atoms with E-state index in [0.717, 1.165) is 0 Å². The van der Waals surface area contributed by atoms with Gasteiger partial charge in [-0.1, -0.05) is 48.5 Å². The zero-order chi connectivity index (χ0) is 22.7. The van der Waals surface area contributed by atoms with E-state index in [1.54, 1.807) is 67.6 Å². The molecule has 0 aliphatic rings. The quantitative estimate of drug-likeness (QED) is 0.347. The van der Waals surface area contributed by atoms with Gasteiger partial charge in [0.05, 0.1) is 29.2 Å². The Kier molecular flexibility index (Phi) is 5.60. The lowest BCUT2D eigenvalue weighted by atomic mass is 10.0. The number of anilines is 1. The number of nitrogens with zero attached hydrogens (tertiary/aromatic N) is 3. The van der Waals surface area contributed by atoms with Gasteiger partial charge in [-0.3, -0.25) is 9.59 Å². The van der Waals surface area contributed by atoms with Gasteiger partial charge in [-0.15, -0.1) is 0 Å². The highest BCUT2D eigenvalue weighted by atomic mass is 19.1. The van der Waals surface area contributed by atoms with Crippen molar-refractivity contribution in [2.45, 2.75) is 6.92 Å². The van der Waals surface area contributed by atoms with E-state index in [2.05, 4.69) is 15.3 Å². The molecule has 32 heavy (non-hydrogen) atoms. The Hall–Kier alpha value is -4.57. The maximum atomic E-state index is 15.1. The zero-order valence-electron chi connectivity index (χ0n) is 17.0. The van der Waals surface area contributed by atoms with Gasteiger partial charge in [0, 0.05) is 5.56 Å². The molecule has 6 nitrogen and oxygen atoms in total. The van der Waals surface area contributed by atoms with Crippen LogP contribution in [0.5, 0.6) is 0 Å². The second kappa shape index (κ2) is 8.66. The second-order valence-corrected chi connectivity index (χ2v) is 7.03. The number of rotatable bonds is 5. The van der Waals surface area contributed by atoms with Crippen LogP contribution in [0.1, 0.15) is 32.1 Å². The fraction of sp³-hybridized carbons (Fsp3) is 0.0400. The first-order valence-corrected chi connectivity index (χ1v) is 9.72. The second-order valence-electron chi connectivity index (χ2n) is 7.03. The number of ketones is 1. The van der Waals surface area contributed by atoms with Gasteiger partial charge in [0.15, 0.2) is 17.3 Å². The molecule has 1 heterocycles. The Labute approximate surface area is 183 Å². The Morgan fingerprint density at radius 3 is 2.50 bits per heavy atom. The molecule has 0 aliphatic carbocycles. The molecular formula is C25H17FN4O2. The summed E-state index contributed by atoms with van der Waals surface area (Å²) in [6.07, 6.45) is 0. The van der Waals surface area contributed by atoms with Crippen molar-refractivity contribution in [3.63, 3.8) is 0 Å². The predicted octanol–water partition coefficient (Wildman–Crippen LogP) is 5.35. The van der Waals surface area contributed by atoms with Gasteiger partial charge >= 0.3 is 0 Å². The zero-order valence-corrected chi connectivity index (χ0v) is 17.0. The first-order valence-electron chi connectivity index (χ1n) is 9.72. The van der Waals surface area contributed by atoms with Gasteiger partial charge in [-0.2, -0.15) is 5.10 Å². The first-order chi connectivity index (χ1) is 15.5. The summed E-state index contributed by atoms with van der Waals surface area (Å²) in [7, 11) is 0. The smallest absolute Gasteiger partial charge is 0.274 e. The van der Waals surface area contributed by atoms with Crippen LogP contribution < -0.4 is 5.32 Å². The number of halogens is 1. The van der Waals surface area contributed by atoms with Crippen LogP contribution in [0.2, 0.25) is 0 Å². The van der Waals surface area contributed by atoms with Crippen LogP contribution in [0, 0.1) is 19.3 Å². The van der Waals surface area contributed by atoms with E-state index in [9.17, 15) is 9.59 Å². The number of aromatic nitrogens is 2. The van der Waals surface area contributed by atoms with E-state index in [1.165, 1.54) is 22.9 Å². The average molecular weight is 424 g/mol. The molecule has 1 aromatic heterocycles.